The summed E-state index contributed by atoms with van der Waals surface area (Å²) in [5, 5.41) is 6.41. The standard InChI is InChI=1S/C19H14N6/c1-2-13-4-3-5-14(10-13)24-19-20-9-8-18(25-19)23-15-6-7-16-17(11-15)22-12-21-16/h1,3-12H,(H,21,22)(H2,20,23,24,25). The molecule has 0 aliphatic rings. The number of hydrogen-bond acceptors (Lipinski definition) is 5. The molecule has 4 aromatic rings. The maximum Gasteiger partial charge on any atom is 0.229 e. The fourth-order valence-electron chi connectivity index (χ4n) is 2.46. The molecule has 0 aliphatic carbocycles. The molecule has 0 fully saturated rings. The average molecular weight is 326 g/mol. The van der Waals surface area contributed by atoms with E-state index in [2.05, 4.69) is 36.5 Å². The minimum atomic E-state index is 0.486. The maximum atomic E-state index is 5.43. The summed E-state index contributed by atoms with van der Waals surface area (Å²) in [7, 11) is 0. The van der Waals surface area contributed by atoms with Crippen LogP contribution in [0.1, 0.15) is 5.56 Å². The number of rotatable bonds is 4. The Morgan fingerprint density at radius 2 is 1.88 bits per heavy atom. The van der Waals surface area contributed by atoms with E-state index in [1.807, 2.05) is 42.5 Å². The molecule has 25 heavy (non-hydrogen) atoms. The van der Waals surface area contributed by atoms with Gasteiger partial charge in [-0.15, -0.1) is 6.42 Å². The Kier molecular flexibility index (Phi) is 3.73. The first-order chi connectivity index (χ1) is 12.3. The van der Waals surface area contributed by atoms with E-state index in [0.29, 0.717) is 11.8 Å². The Hall–Kier alpha value is -3.85. The van der Waals surface area contributed by atoms with Gasteiger partial charge in [0.15, 0.2) is 0 Å². The summed E-state index contributed by atoms with van der Waals surface area (Å²) in [5.74, 6) is 3.78. The number of aromatic amines is 1. The van der Waals surface area contributed by atoms with E-state index in [0.717, 1.165) is 28.0 Å². The number of H-pyrrole nitrogens is 1. The molecule has 6 nitrogen and oxygen atoms in total. The maximum absolute atomic E-state index is 5.43. The van der Waals surface area contributed by atoms with Gasteiger partial charge in [-0.2, -0.15) is 4.98 Å². The molecule has 2 aromatic carbocycles. The molecule has 0 atom stereocenters. The van der Waals surface area contributed by atoms with E-state index in [1.54, 1.807) is 18.6 Å². The van der Waals surface area contributed by atoms with Gasteiger partial charge in [0, 0.05) is 23.1 Å². The van der Waals surface area contributed by atoms with Gasteiger partial charge in [-0.3, -0.25) is 0 Å². The fourth-order valence-corrected chi connectivity index (χ4v) is 2.46. The Balaban J connectivity index is 1.55. The van der Waals surface area contributed by atoms with Crippen LogP contribution >= 0.6 is 0 Å². The van der Waals surface area contributed by atoms with Crippen molar-refractivity contribution >= 4 is 34.2 Å². The predicted octanol–water partition coefficient (Wildman–Crippen LogP) is 3.82. The van der Waals surface area contributed by atoms with Crippen LogP contribution < -0.4 is 10.6 Å². The van der Waals surface area contributed by atoms with Gasteiger partial charge >= 0.3 is 0 Å². The minimum absolute atomic E-state index is 0.486. The van der Waals surface area contributed by atoms with Crippen LogP contribution in [-0.4, -0.2) is 19.9 Å². The molecule has 0 bridgehead atoms. The van der Waals surface area contributed by atoms with E-state index >= 15 is 0 Å². The largest absolute Gasteiger partial charge is 0.345 e. The van der Waals surface area contributed by atoms with Crippen LogP contribution in [0, 0.1) is 12.3 Å². The molecule has 0 saturated heterocycles. The lowest BCUT2D eigenvalue weighted by molar-refractivity contribution is 1.17. The molecule has 0 aliphatic heterocycles. The summed E-state index contributed by atoms with van der Waals surface area (Å²) >= 11 is 0. The second-order valence-electron chi connectivity index (χ2n) is 5.38. The number of nitrogens with zero attached hydrogens (tertiary/aromatic N) is 3. The summed E-state index contributed by atoms with van der Waals surface area (Å²) < 4.78 is 0. The second kappa shape index (κ2) is 6.34. The van der Waals surface area contributed by atoms with Gasteiger partial charge in [0.25, 0.3) is 0 Å². The Labute approximate surface area is 144 Å². The number of aromatic nitrogens is 4. The van der Waals surface area contributed by atoms with Crippen molar-refractivity contribution in [1.29, 1.82) is 0 Å². The van der Waals surface area contributed by atoms with Crippen LogP contribution in [0.5, 0.6) is 0 Å². The van der Waals surface area contributed by atoms with Crippen molar-refractivity contribution in [2.75, 3.05) is 10.6 Å². The number of hydrogen-bond donors (Lipinski definition) is 3. The van der Waals surface area contributed by atoms with Crippen LogP contribution in [0.3, 0.4) is 0 Å². The molecule has 0 spiro atoms. The van der Waals surface area contributed by atoms with E-state index < -0.39 is 0 Å². The van der Waals surface area contributed by atoms with Crippen molar-refractivity contribution in [1.82, 2.24) is 19.9 Å². The highest BCUT2D eigenvalue weighted by atomic mass is 15.1. The number of nitrogens with one attached hydrogen (secondary N) is 3. The van der Waals surface area contributed by atoms with Crippen LogP contribution in [0.25, 0.3) is 11.0 Å². The van der Waals surface area contributed by atoms with Crippen molar-refractivity contribution in [3.05, 3.63) is 66.6 Å². The average Bonchev–Trinajstić information content (AvgIpc) is 3.10. The van der Waals surface area contributed by atoms with Gasteiger partial charge in [-0.05, 0) is 42.5 Å². The topological polar surface area (TPSA) is 78.5 Å². The molecule has 3 N–H and O–H groups in total. The Morgan fingerprint density at radius 3 is 2.80 bits per heavy atom. The number of imidazole rings is 1. The van der Waals surface area contributed by atoms with Gasteiger partial charge in [-0.25, -0.2) is 9.97 Å². The fraction of sp³-hybridized carbons (Fsp3) is 0. The van der Waals surface area contributed by atoms with Crippen LogP contribution in [-0.2, 0) is 0 Å². The predicted molar refractivity (Wildman–Crippen MR) is 99.1 cm³/mol. The summed E-state index contributed by atoms with van der Waals surface area (Å²) in [6, 6.07) is 15.2. The van der Waals surface area contributed by atoms with Crippen molar-refractivity contribution in [2.24, 2.45) is 0 Å². The highest BCUT2D eigenvalue weighted by molar-refractivity contribution is 5.79. The normalized spacial score (nSPS) is 10.4. The number of fused-ring (bicyclic) bond motifs is 1. The van der Waals surface area contributed by atoms with Gasteiger partial charge < -0.3 is 15.6 Å². The summed E-state index contributed by atoms with van der Waals surface area (Å²) in [4.78, 5) is 16.0. The van der Waals surface area contributed by atoms with E-state index in [9.17, 15) is 0 Å². The molecule has 0 unspecified atom stereocenters. The molecule has 2 heterocycles. The number of benzene rings is 2. The van der Waals surface area contributed by atoms with Crippen LogP contribution in [0.4, 0.5) is 23.1 Å². The van der Waals surface area contributed by atoms with Gasteiger partial charge in [0.2, 0.25) is 5.95 Å². The molecule has 0 saturated carbocycles. The quantitative estimate of drug-likeness (QED) is 0.497. The van der Waals surface area contributed by atoms with E-state index in [1.165, 1.54) is 0 Å². The lowest BCUT2D eigenvalue weighted by Gasteiger charge is -2.09. The number of terminal acetylenes is 1. The SMILES string of the molecule is C#Cc1cccc(Nc2nccc(Nc3ccc4[nH]cnc4c3)n2)c1. The molecular weight excluding hydrogens is 312 g/mol. The molecule has 4 rings (SSSR count). The first kappa shape index (κ1) is 14.7. The van der Waals surface area contributed by atoms with Crippen molar-refractivity contribution in [3.8, 4) is 12.3 Å². The lowest BCUT2D eigenvalue weighted by atomic mass is 10.2. The minimum Gasteiger partial charge on any atom is -0.345 e. The molecule has 0 radical (unpaired) electrons. The zero-order valence-corrected chi connectivity index (χ0v) is 13.2. The van der Waals surface area contributed by atoms with Gasteiger partial charge in [0.05, 0.1) is 17.4 Å². The van der Waals surface area contributed by atoms with Crippen molar-refractivity contribution in [3.63, 3.8) is 0 Å². The highest BCUT2D eigenvalue weighted by Crippen LogP contribution is 2.20. The third-order valence-corrected chi connectivity index (χ3v) is 3.63. The molecule has 120 valence electrons. The summed E-state index contributed by atoms with van der Waals surface area (Å²) in [6.45, 7) is 0. The first-order valence-electron chi connectivity index (χ1n) is 7.67. The third kappa shape index (κ3) is 3.26. The first-order valence-corrected chi connectivity index (χ1v) is 7.67. The van der Waals surface area contributed by atoms with Crippen LogP contribution in [0.2, 0.25) is 0 Å². The lowest BCUT2D eigenvalue weighted by Crippen LogP contribution is -2.00. The van der Waals surface area contributed by atoms with Crippen molar-refractivity contribution in [2.45, 2.75) is 0 Å². The van der Waals surface area contributed by atoms with E-state index in [4.69, 9.17) is 6.42 Å². The smallest absolute Gasteiger partial charge is 0.229 e. The van der Waals surface area contributed by atoms with Crippen LogP contribution in [0.15, 0.2) is 61.1 Å². The summed E-state index contributed by atoms with van der Waals surface area (Å²) in [5.41, 5.74) is 4.42. The zero-order valence-electron chi connectivity index (χ0n) is 13.2. The molecule has 0 amide bonds. The molecular formula is C19H14N6. The summed E-state index contributed by atoms with van der Waals surface area (Å²) in [6.07, 6.45) is 8.79. The van der Waals surface area contributed by atoms with E-state index in [-0.39, 0.29) is 0 Å². The van der Waals surface area contributed by atoms with Gasteiger partial charge in [-0.1, -0.05) is 12.0 Å². The molecule has 2 aromatic heterocycles. The third-order valence-electron chi connectivity index (χ3n) is 3.63. The monoisotopic (exact) mass is 326 g/mol. The molecule has 6 heteroatoms. The Bertz CT molecular complexity index is 1080. The zero-order chi connectivity index (χ0) is 17.1. The van der Waals surface area contributed by atoms with Gasteiger partial charge in [0.1, 0.15) is 5.82 Å². The van der Waals surface area contributed by atoms with Crippen molar-refractivity contribution < 1.29 is 0 Å². The highest BCUT2D eigenvalue weighted by Gasteiger charge is 2.03. The number of anilines is 4. The Morgan fingerprint density at radius 1 is 0.960 bits per heavy atom. The second-order valence-corrected chi connectivity index (χ2v) is 5.38.